The maximum Gasteiger partial charge on any atom is 0.128 e. The minimum absolute atomic E-state index is 0.686. The monoisotopic (exact) mass is 272 g/mol. The number of nitrogens with zero attached hydrogens (tertiary/aromatic N) is 3. The molecular formula is C15H20N4O. The van der Waals surface area contributed by atoms with Crippen LogP contribution in [-0.2, 0) is 13.1 Å². The summed E-state index contributed by atoms with van der Waals surface area (Å²) in [4.78, 5) is 12.9. The molecule has 20 heavy (non-hydrogen) atoms. The second-order valence-corrected chi connectivity index (χ2v) is 4.74. The fraction of sp³-hybridized carbons (Fsp3) is 0.400. The summed E-state index contributed by atoms with van der Waals surface area (Å²) >= 11 is 0. The molecule has 2 aromatic heterocycles. The van der Waals surface area contributed by atoms with Gasteiger partial charge in [-0.15, -0.1) is 0 Å². The molecule has 2 heterocycles. The minimum atomic E-state index is 0.686. The van der Waals surface area contributed by atoms with Gasteiger partial charge in [-0.05, 0) is 26.8 Å². The second-order valence-electron chi connectivity index (χ2n) is 4.74. The van der Waals surface area contributed by atoms with Crippen LogP contribution in [0.15, 0.2) is 18.5 Å². The van der Waals surface area contributed by atoms with Crippen molar-refractivity contribution in [2.75, 3.05) is 7.11 Å². The summed E-state index contributed by atoms with van der Waals surface area (Å²) in [5.74, 6) is 1.70. The molecule has 0 bridgehead atoms. The number of ether oxygens (including phenoxy) is 1. The Labute approximate surface area is 119 Å². The Bertz CT molecular complexity index is 598. The molecule has 0 fully saturated rings. The Balaban J connectivity index is 2.01. The molecule has 0 saturated heterocycles. The Morgan fingerprint density at radius 3 is 2.65 bits per heavy atom. The predicted octanol–water partition coefficient (Wildman–Crippen LogP) is 2.10. The molecule has 1 N–H and O–H groups in total. The highest BCUT2D eigenvalue weighted by molar-refractivity contribution is 5.40. The summed E-state index contributed by atoms with van der Waals surface area (Å²) in [6, 6.07) is 1.91. The van der Waals surface area contributed by atoms with Gasteiger partial charge < -0.3 is 10.1 Å². The van der Waals surface area contributed by atoms with E-state index < -0.39 is 0 Å². The lowest BCUT2D eigenvalue weighted by Crippen LogP contribution is -2.16. The van der Waals surface area contributed by atoms with Gasteiger partial charge in [-0.25, -0.2) is 9.97 Å². The van der Waals surface area contributed by atoms with Gasteiger partial charge in [0, 0.05) is 36.6 Å². The first-order valence-corrected chi connectivity index (χ1v) is 6.60. The van der Waals surface area contributed by atoms with E-state index in [1.54, 1.807) is 13.3 Å². The summed E-state index contributed by atoms with van der Waals surface area (Å²) < 4.78 is 5.41. The van der Waals surface area contributed by atoms with Crippen LogP contribution in [0, 0.1) is 20.8 Å². The predicted molar refractivity (Wildman–Crippen MR) is 77.6 cm³/mol. The van der Waals surface area contributed by atoms with Gasteiger partial charge in [0.25, 0.3) is 0 Å². The van der Waals surface area contributed by atoms with Crippen LogP contribution in [0.5, 0.6) is 5.75 Å². The van der Waals surface area contributed by atoms with Crippen molar-refractivity contribution in [3.05, 3.63) is 46.8 Å². The molecular weight excluding hydrogens is 252 g/mol. The van der Waals surface area contributed by atoms with Crippen LogP contribution in [0.4, 0.5) is 0 Å². The van der Waals surface area contributed by atoms with Crippen molar-refractivity contribution in [2.24, 2.45) is 0 Å². The number of pyridine rings is 1. The van der Waals surface area contributed by atoms with Crippen molar-refractivity contribution in [3.8, 4) is 5.75 Å². The lowest BCUT2D eigenvalue weighted by Gasteiger charge is -2.12. The van der Waals surface area contributed by atoms with Gasteiger partial charge in [0.15, 0.2) is 0 Å². The number of aryl methyl sites for hydroxylation is 2. The molecule has 2 rings (SSSR count). The molecule has 0 aliphatic heterocycles. The lowest BCUT2D eigenvalue weighted by atomic mass is 10.1. The number of nitrogens with one attached hydrogen (secondary N) is 1. The molecule has 0 radical (unpaired) electrons. The standard InChI is InChI=1S/C15H20N4O/c1-10-7-18-14(11(2)15(10)20-4)9-16-8-13-5-6-17-12(3)19-13/h5-7,16H,8-9H2,1-4H3. The van der Waals surface area contributed by atoms with Crippen molar-refractivity contribution in [1.82, 2.24) is 20.3 Å². The molecule has 106 valence electrons. The third-order valence-electron chi connectivity index (χ3n) is 3.18. The molecule has 0 saturated carbocycles. The highest BCUT2D eigenvalue weighted by Crippen LogP contribution is 2.23. The molecule has 0 atom stereocenters. The van der Waals surface area contributed by atoms with Crippen LogP contribution in [0.25, 0.3) is 0 Å². The minimum Gasteiger partial charge on any atom is -0.496 e. The van der Waals surface area contributed by atoms with Crippen LogP contribution in [0.1, 0.15) is 28.3 Å². The van der Waals surface area contributed by atoms with Crippen LogP contribution in [-0.4, -0.2) is 22.1 Å². The Morgan fingerprint density at radius 1 is 1.15 bits per heavy atom. The first-order chi connectivity index (χ1) is 9.61. The molecule has 0 spiro atoms. The second kappa shape index (κ2) is 6.43. The van der Waals surface area contributed by atoms with Gasteiger partial charge >= 0.3 is 0 Å². The average molecular weight is 272 g/mol. The first kappa shape index (κ1) is 14.4. The van der Waals surface area contributed by atoms with E-state index in [0.717, 1.165) is 34.1 Å². The number of hydrogen-bond acceptors (Lipinski definition) is 5. The quantitative estimate of drug-likeness (QED) is 0.903. The van der Waals surface area contributed by atoms with E-state index in [1.807, 2.05) is 33.0 Å². The van der Waals surface area contributed by atoms with Gasteiger partial charge in [-0.2, -0.15) is 0 Å². The van der Waals surface area contributed by atoms with E-state index in [2.05, 4.69) is 20.3 Å². The Morgan fingerprint density at radius 2 is 1.95 bits per heavy atom. The smallest absolute Gasteiger partial charge is 0.128 e. The zero-order chi connectivity index (χ0) is 14.5. The number of rotatable bonds is 5. The summed E-state index contributed by atoms with van der Waals surface area (Å²) in [6.45, 7) is 7.30. The SMILES string of the molecule is COc1c(C)cnc(CNCc2ccnc(C)n2)c1C. The highest BCUT2D eigenvalue weighted by Gasteiger charge is 2.09. The zero-order valence-corrected chi connectivity index (χ0v) is 12.4. The fourth-order valence-electron chi connectivity index (χ4n) is 2.16. The maximum absolute atomic E-state index is 5.41. The number of hydrogen-bond donors (Lipinski definition) is 1. The molecule has 0 aliphatic rings. The fourth-order valence-corrected chi connectivity index (χ4v) is 2.16. The third-order valence-corrected chi connectivity index (χ3v) is 3.18. The Kier molecular flexibility index (Phi) is 4.63. The van der Waals surface area contributed by atoms with Gasteiger partial charge in [0.1, 0.15) is 11.6 Å². The van der Waals surface area contributed by atoms with Gasteiger partial charge in [-0.1, -0.05) is 0 Å². The summed E-state index contributed by atoms with van der Waals surface area (Å²) in [5, 5.41) is 3.35. The summed E-state index contributed by atoms with van der Waals surface area (Å²) in [7, 11) is 1.69. The van der Waals surface area contributed by atoms with Crippen molar-refractivity contribution in [1.29, 1.82) is 0 Å². The normalized spacial score (nSPS) is 10.6. The summed E-state index contributed by atoms with van der Waals surface area (Å²) in [6.07, 6.45) is 3.62. The molecule has 0 aromatic carbocycles. The summed E-state index contributed by atoms with van der Waals surface area (Å²) in [5.41, 5.74) is 4.12. The van der Waals surface area contributed by atoms with Crippen molar-refractivity contribution >= 4 is 0 Å². The lowest BCUT2D eigenvalue weighted by molar-refractivity contribution is 0.406. The topological polar surface area (TPSA) is 59.9 Å². The average Bonchev–Trinajstić information content (AvgIpc) is 2.42. The van der Waals surface area contributed by atoms with Gasteiger partial charge in [0.05, 0.1) is 18.5 Å². The van der Waals surface area contributed by atoms with Crippen molar-refractivity contribution in [2.45, 2.75) is 33.9 Å². The van der Waals surface area contributed by atoms with E-state index in [-0.39, 0.29) is 0 Å². The van der Waals surface area contributed by atoms with Crippen LogP contribution < -0.4 is 10.1 Å². The molecule has 0 amide bonds. The number of methoxy groups -OCH3 is 1. The molecule has 0 unspecified atom stereocenters. The Hall–Kier alpha value is -2.01. The van der Waals surface area contributed by atoms with E-state index in [4.69, 9.17) is 4.74 Å². The van der Waals surface area contributed by atoms with E-state index in [1.165, 1.54) is 0 Å². The molecule has 2 aromatic rings. The third kappa shape index (κ3) is 3.30. The van der Waals surface area contributed by atoms with Crippen LogP contribution >= 0.6 is 0 Å². The zero-order valence-electron chi connectivity index (χ0n) is 12.4. The highest BCUT2D eigenvalue weighted by atomic mass is 16.5. The van der Waals surface area contributed by atoms with E-state index in [9.17, 15) is 0 Å². The molecule has 5 nitrogen and oxygen atoms in total. The van der Waals surface area contributed by atoms with Gasteiger partial charge in [0.2, 0.25) is 0 Å². The number of aromatic nitrogens is 3. The van der Waals surface area contributed by atoms with Gasteiger partial charge in [-0.3, -0.25) is 4.98 Å². The van der Waals surface area contributed by atoms with Crippen LogP contribution in [0.3, 0.4) is 0 Å². The van der Waals surface area contributed by atoms with E-state index in [0.29, 0.717) is 13.1 Å². The maximum atomic E-state index is 5.41. The molecule has 5 heteroatoms. The largest absolute Gasteiger partial charge is 0.496 e. The first-order valence-electron chi connectivity index (χ1n) is 6.60. The van der Waals surface area contributed by atoms with Crippen molar-refractivity contribution in [3.63, 3.8) is 0 Å². The van der Waals surface area contributed by atoms with E-state index >= 15 is 0 Å². The molecule has 0 aliphatic carbocycles. The van der Waals surface area contributed by atoms with Crippen LogP contribution in [0.2, 0.25) is 0 Å². The van der Waals surface area contributed by atoms with Crippen molar-refractivity contribution < 1.29 is 4.74 Å².